The Morgan fingerprint density at radius 3 is 0.707 bits per heavy atom. The maximum Gasteiger partial charge on any atom is 0.306 e. The predicted octanol–water partition coefficient (Wildman–Crippen LogP) is 23.2. The van der Waals surface area contributed by atoms with Crippen molar-refractivity contribution in [2.45, 2.75) is 399 Å². The van der Waals surface area contributed by atoms with Gasteiger partial charge in [-0.05, 0) is 38.5 Å². The molecule has 6 nitrogen and oxygen atoms in total. The van der Waals surface area contributed by atoms with Crippen molar-refractivity contribution in [3.05, 3.63) is 12.2 Å². The topological polar surface area (TPSA) is 78.9 Å². The van der Waals surface area contributed by atoms with E-state index in [0.717, 1.165) is 64.2 Å². The Hall–Kier alpha value is -1.85. The molecule has 0 fully saturated rings. The van der Waals surface area contributed by atoms with Gasteiger partial charge in [-0.25, -0.2) is 0 Å². The molecule has 0 aromatic carbocycles. The summed E-state index contributed by atoms with van der Waals surface area (Å²) in [6.07, 6.45) is 76.9. The third kappa shape index (κ3) is 62.9. The number of hydrogen-bond acceptors (Lipinski definition) is 6. The van der Waals surface area contributed by atoms with E-state index in [-0.39, 0.29) is 31.1 Å². The molecule has 0 amide bonds. The van der Waals surface area contributed by atoms with Crippen molar-refractivity contribution in [2.24, 2.45) is 0 Å². The number of rotatable bonds is 64. The van der Waals surface area contributed by atoms with E-state index in [1.165, 1.54) is 289 Å². The summed E-state index contributed by atoms with van der Waals surface area (Å²) in [4.78, 5) is 38.2. The molecular formula is C69H132O6. The smallest absolute Gasteiger partial charge is 0.306 e. The zero-order chi connectivity index (χ0) is 54.3. The van der Waals surface area contributed by atoms with Gasteiger partial charge in [-0.3, -0.25) is 14.4 Å². The highest BCUT2D eigenvalue weighted by Crippen LogP contribution is 2.19. The molecule has 1 atom stereocenters. The van der Waals surface area contributed by atoms with Gasteiger partial charge in [-0.15, -0.1) is 0 Å². The van der Waals surface area contributed by atoms with Crippen molar-refractivity contribution in [1.82, 2.24) is 0 Å². The van der Waals surface area contributed by atoms with Crippen LogP contribution in [0.4, 0.5) is 0 Å². The number of carbonyl (C=O) groups is 3. The summed E-state index contributed by atoms with van der Waals surface area (Å²) in [5.74, 6) is -0.847. The molecule has 0 bridgehead atoms. The first-order chi connectivity index (χ1) is 37.0. The van der Waals surface area contributed by atoms with Crippen LogP contribution in [-0.2, 0) is 28.6 Å². The number of carbonyl (C=O) groups excluding carboxylic acids is 3. The summed E-state index contributed by atoms with van der Waals surface area (Å²) < 4.78 is 16.9. The minimum absolute atomic E-state index is 0.0663. The van der Waals surface area contributed by atoms with E-state index in [1.54, 1.807) is 0 Å². The van der Waals surface area contributed by atoms with E-state index >= 15 is 0 Å². The standard InChI is InChI=1S/C69H132O6/c1-4-7-10-13-16-19-22-24-26-27-28-29-30-31-32-33-34-35-36-37-38-39-40-41-43-44-47-50-53-56-59-62-68(71)74-65-66(64-73-67(70)61-58-55-52-49-46-21-18-15-12-9-6-3)75-69(72)63-60-57-54-51-48-45-42-25-23-20-17-14-11-8-5-2/h15,18,66H,4-14,16-17,19-65H2,1-3H3/b18-15-. The van der Waals surface area contributed by atoms with Gasteiger partial charge in [0.1, 0.15) is 13.2 Å². The van der Waals surface area contributed by atoms with E-state index in [0.29, 0.717) is 19.3 Å². The van der Waals surface area contributed by atoms with Crippen LogP contribution in [0.15, 0.2) is 12.2 Å². The number of unbranched alkanes of at least 4 members (excludes halogenated alkanes) is 51. The Labute approximate surface area is 469 Å². The first-order valence-corrected chi connectivity index (χ1v) is 34.2. The van der Waals surface area contributed by atoms with Gasteiger partial charge in [-0.2, -0.15) is 0 Å². The van der Waals surface area contributed by atoms with Crippen LogP contribution in [0.25, 0.3) is 0 Å². The Morgan fingerprint density at radius 2 is 0.453 bits per heavy atom. The van der Waals surface area contributed by atoms with Crippen molar-refractivity contribution >= 4 is 17.9 Å². The molecule has 0 aliphatic heterocycles. The summed E-state index contributed by atoms with van der Waals surface area (Å²) in [7, 11) is 0. The SMILES string of the molecule is CCCC/C=C\CCCCCCCC(=O)OCC(COC(=O)CCCCCCCCCCCCCCCCCCCCCCCCCCCCCCCCC)OC(=O)CCCCCCCCCCCCCCCCC. The maximum atomic E-state index is 12.9. The van der Waals surface area contributed by atoms with E-state index in [2.05, 4.69) is 32.9 Å². The highest BCUT2D eigenvalue weighted by Gasteiger charge is 2.19. The number of allylic oxidation sites excluding steroid dienone is 2. The van der Waals surface area contributed by atoms with Gasteiger partial charge < -0.3 is 14.2 Å². The third-order valence-electron chi connectivity index (χ3n) is 15.8. The molecule has 0 radical (unpaired) electrons. The zero-order valence-corrected chi connectivity index (χ0v) is 51.1. The van der Waals surface area contributed by atoms with Gasteiger partial charge in [0, 0.05) is 19.3 Å². The average Bonchev–Trinajstić information content (AvgIpc) is 3.41. The summed E-state index contributed by atoms with van der Waals surface area (Å²) in [6, 6.07) is 0. The van der Waals surface area contributed by atoms with Crippen LogP contribution in [0.1, 0.15) is 393 Å². The lowest BCUT2D eigenvalue weighted by Crippen LogP contribution is -2.30. The summed E-state index contributed by atoms with van der Waals surface area (Å²) >= 11 is 0. The van der Waals surface area contributed by atoms with Gasteiger partial charge in [0.25, 0.3) is 0 Å². The summed E-state index contributed by atoms with van der Waals surface area (Å²) in [5.41, 5.74) is 0. The highest BCUT2D eigenvalue weighted by atomic mass is 16.6. The van der Waals surface area contributed by atoms with Crippen LogP contribution in [0.5, 0.6) is 0 Å². The Kier molecular flexibility index (Phi) is 63.1. The largest absolute Gasteiger partial charge is 0.462 e. The highest BCUT2D eigenvalue weighted by molar-refractivity contribution is 5.71. The van der Waals surface area contributed by atoms with Gasteiger partial charge in [-0.1, -0.05) is 348 Å². The fourth-order valence-corrected chi connectivity index (χ4v) is 10.6. The van der Waals surface area contributed by atoms with Crippen LogP contribution >= 0.6 is 0 Å². The molecule has 6 heteroatoms. The zero-order valence-electron chi connectivity index (χ0n) is 51.1. The molecule has 75 heavy (non-hydrogen) atoms. The van der Waals surface area contributed by atoms with Crippen molar-refractivity contribution in [1.29, 1.82) is 0 Å². The third-order valence-corrected chi connectivity index (χ3v) is 15.8. The molecular weight excluding hydrogens is 925 g/mol. The molecule has 0 rings (SSSR count). The Bertz CT molecular complexity index is 1170. The summed E-state index contributed by atoms with van der Waals surface area (Å²) in [5, 5.41) is 0. The molecule has 0 saturated carbocycles. The number of esters is 3. The first kappa shape index (κ1) is 73.2. The molecule has 1 unspecified atom stereocenters. The minimum atomic E-state index is -0.768. The molecule has 0 aromatic heterocycles. The second-order valence-corrected chi connectivity index (χ2v) is 23.5. The van der Waals surface area contributed by atoms with E-state index < -0.39 is 6.10 Å². The van der Waals surface area contributed by atoms with E-state index in [1.807, 2.05) is 0 Å². The quantitative estimate of drug-likeness (QED) is 0.0261. The first-order valence-electron chi connectivity index (χ1n) is 34.2. The van der Waals surface area contributed by atoms with Crippen molar-refractivity contribution in [3.8, 4) is 0 Å². The fraction of sp³-hybridized carbons (Fsp3) is 0.928. The number of ether oxygens (including phenoxy) is 3. The predicted molar refractivity (Wildman–Crippen MR) is 326 cm³/mol. The normalized spacial score (nSPS) is 12.0. The Morgan fingerprint density at radius 1 is 0.253 bits per heavy atom. The maximum absolute atomic E-state index is 12.9. The number of hydrogen-bond donors (Lipinski definition) is 0. The van der Waals surface area contributed by atoms with E-state index in [4.69, 9.17) is 14.2 Å². The second kappa shape index (κ2) is 64.7. The lowest BCUT2D eigenvalue weighted by molar-refractivity contribution is -0.167. The molecule has 0 aromatic rings. The molecule has 0 N–H and O–H groups in total. The van der Waals surface area contributed by atoms with Crippen LogP contribution in [0, 0.1) is 0 Å². The monoisotopic (exact) mass is 1060 g/mol. The molecule has 0 aliphatic carbocycles. The van der Waals surface area contributed by atoms with Gasteiger partial charge in [0.05, 0.1) is 0 Å². The van der Waals surface area contributed by atoms with Crippen LogP contribution in [-0.4, -0.2) is 37.2 Å². The summed E-state index contributed by atoms with van der Waals surface area (Å²) in [6.45, 7) is 6.67. The average molecular weight is 1060 g/mol. The lowest BCUT2D eigenvalue weighted by atomic mass is 10.0. The van der Waals surface area contributed by atoms with Gasteiger partial charge >= 0.3 is 17.9 Å². The molecule has 0 saturated heterocycles. The van der Waals surface area contributed by atoms with Crippen molar-refractivity contribution < 1.29 is 28.6 Å². The van der Waals surface area contributed by atoms with Crippen LogP contribution in [0.3, 0.4) is 0 Å². The van der Waals surface area contributed by atoms with Crippen LogP contribution in [0.2, 0.25) is 0 Å². The second-order valence-electron chi connectivity index (χ2n) is 23.5. The molecule has 0 spiro atoms. The Balaban J connectivity index is 4.04. The van der Waals surface area contributed by atoms with Gasteiger partial charge in [0.2, 0.25) is 0 Å². The van der Waals surface area contributed by atoms with E-state index in [9.17, 15) is 14.4 Å². The minimum Gasteiger partial charge on any atom is -0.462 e. The van der Waals surface area contributed by atoms with Crippen LogP contribution < -0.4 is 0 Å². The van der Waals surface area contributed by atoms with Crippen molar-refractivity contribution in [2.75, 3.05) is 13.2 Å². The molecule has 0 aliphatic rings. The van der Waals surface area contributed by atoms with Crippen molar-refractivity contribution in [3.63, 3.8) is 0 Å². The lowest BCUT2D eigenvalue weighted by Gasteiger charge is -2.18. The van der Waals surface area contributed by atoms with Gasteiger partial charge in [0.15, 0.2) is 6.10 Å². The molecule has 0 heterocycles. The molecule has 444 valence electrons. The fourth-order valence-electron chi connectivity index (χ4n) is 10.6.